The molecule has 0 fully saturated rings. The summed E-state index contributed by atoms with van der Waals surface area (Å²) in [6.07, 6.45) is 6.57. The van der Waals surface area contributed by atoms with Gasteiger partial charge in [-0.2, -0.15) is 11.3 Å². The molecular formula is C10H13NS. The molecular weight excluding hydrogens is 166 g/mol. The van der Waals surface area contributed by atoms with Gasteiger partial charge in [0, 0.05) is 12.0 Å². The van der Waals surface area contributed by atoms with E-state index in [0.29, 0.717) is 12.0 Å². The average Bonchev–Trinajstić information content (AvgIpc) is 2.57. The number of nitrogens with two attached hydrogens (primary N) is 1. The maximum atomic E-state index is 6.02. The molecule has 1 aromatic rings. The highest BCUT2D eigenvalue weighted by Gasteiger charge is 2.20. The monoisotopic (exact) mass is 179 g/mol. The molecule has 0 saturated heterocycles. The van der Waals surface area contributed by atoms with Gasteiger partial charge in [-0.3, -0.25) is 0 Å². The first-order chi connectivity index (χ1) is 5.88. The van der Waals surface area contributed by atoms with Gasteiger partial charge in [0.2, 0.25) is 0 Å². The topological polar surface area (TPSA) is 26.0 Å². The fourth-order valence-electron chi connectivity index (χ4n) is 1.70. The zero-order valence-corrected chi connectivity index (χ0v) is 7.76. The zero-order chi connectivity index (χ0) is 8.39. The first-order valence-electron chi connectivity index (χ1n) is 4.30. The van der Waals surface area contributed by atoms with Crippen LogP contribution in [-0.4, -0.2) is 6.04 Å². The summed E-state index contributed by atoms with van der Waals surface area (Å²) in [4.78, 5) is 0. The Bertz CT molecular complexity index is 263. The SMILES string of the molecule is NC1CC=CCC1c1ccsc1. The maximum absolute atomic E-state index is 6.02. The second-order valence-corrected chi connectivity index (χ2v) is 4.05. The molecule has 2 atom stereocenters. The second kappa shape index (κ2) is 3.42. The highest BCUT2D eigenvalue weighted by atomic mass is 32.1. The predicted molar refractivity (Wildman–Crippen MR) is 53.4 cm³/mol. The molecule has 1 heterocycles. The first kappa shape index (κ1) is 8.02. The van der Waals surface area contributed by atoms with Gasteiger partial charge in [0.05, 0.1) is 0 Å². The predicted octanol–water partition coefficient (Wildman–Crippen LogP) is 2.51. The van der Waals surface area contributed by atoms with E-state index >= 15 is 0 Å². The van der Waals surface area contributed by atoms with Crippen LogP contribution >= 0.6 is 11.3 Å². The van der Waals surface area contributed by atoms with Crippen LogP contribution in [0.25, 0.3) is 0 Å². The highest BCUT2D eigenvalue weighted by Crippen LogP contribution is 2.29. The largest absolute Gasteiger partial charge is 0.327 e. The van der Waals surface area contributed by atoms with Gasteiger partial charge in [0.25, 0.3) is 0 Å². The number of thiophene rings is 1. The molecule has 2 heteroatoms. The van der Waals surface area contributed by atoms with E-state index in [1.165, 1.54) is 5.56 Å². The van der Waals surface area contributed by atoms with E-state index in [1.54, 1.807) is 11.3 Å². The van der Waals surface area contributed by atoms with Crippen LogP contribution in [0.5, 0.6) is 0 Å². The van der Waals surface area contributed by atoms with Crippen LogP contribution in [0.4, 0.5) is 0 Å². The molecule has 0 radical (unpaired) electrons. The number of hydrogen-bond donors (Lipinski definition) is 1. The third-order valence-corrected chi connectivity index (χ3v) is 3.15. The van der Waals surface area contributed by atoms with Crippen molar-refractivity contribution in [3.63, 3.8) is 0 Å². The normalized spacial score (nSPS) is 29.1. The first-order valence-corrected chi connectivity index (χ1v) is 5.25. The summed E-state index contributed by atoms with van der Waals surface area (Å²) >= 11 is 1.76. The Morgan fingerprint density at radius 2 is 2.17 bits per heavy atom. The van der Waals surface area contributed by atoms with Gasteiger partial charge >= 0.3 is 0 Å². The molecule has 64 valence electrons. The third-order valence-electron chi connectivity index (χ3n) is 2.45. The molecule has 12 heavy (non-hydrogen) atoms. The van der Waals surface area contributed by atoms with Gasteiger partial charge < -0.3 is 5.73 Å². The van der Waals surface area contributed by atoms with Crippen molar-refractivity contribution < 1.29 is 0 Å². The average molecular weight is 179 g/mol. The summed E-state index contributed by atoms with van der Waals surface area (Å²) in [5.41, 5.74) is 7.44. The van der Waals surface area contributed by atoms with E-state index in [9.17, 15) is 0 Å². The van der Waals surface area contributed by atoms with Crippen molar-refractivity contribution >= 4 is 11.3 Å². The lowest BCUT2D eigenvalue weighted by Crippen LogP contribution is -2.29. The van der Waals surface area contributed by atoms with Gasteiger partial charge in [-0.15, -0.1) is 0 Å². The fourth-order valence-corrected chi connectivity index (χ4v) is 2.43. The molecule has 0 amide bonds. The van der Waals surface area contributed by atoms with Crippen molar-refractivity contribution in [2.45, 2.75) is 24.8 Å². The lowest BCUT2D eigenvalue weighted by atomic mass is 9.85. The number of allylic oxidation sites excluding steroid dienone is 1. The van der Waals surface area contributed by atoms with Gasteiger partial charge in [-0.1, -0.05) is 12.2 Å². The van der Waals surface area contributed by atoms with Crippen LogP contribution in [0.15, 0.2) is 29.0 Å². The Hall–Kier alpha value is -0.600. The Labute approximate surface area is 76.9 Å². The van der Waals surface area contributed by atoms with Gasteiger partial charge in [0.1, 0.15) is 0 Å². The Morgan fingerprint density at radius 3 is 2.83 bits per heavy atom. The number of rotatable bonds is 1. The molecule has 0 bridgehead atoms. The zero-order valence-electron chi connectivity index (χ0n) is 6.94. The van der Waals surface area contributed by atoms with E-state index in [-0.39, 0.29) is 0 Å². The van der Waals surface area contributed by atoms with Crippen LogP contribution in [0.2, 0.25) is 0 Å². The standard InChI is InChI=1S/C10H13NS/c11-10-4-2-1-3-9(10)8-5-6-12-7-8/h1-2,5-7,9-10H,3-4,11H2. The fraction of sp³-hybridized carbons (Fsp3) is 0.400. The van der Waals surface area contributed by atoms with Crippen LogP contribution in [0, 0.1) is 0 Å². The second-order valence-electron chi connectivity index (χ2n) is 3.27. The van der Waals surface area contributed by atoms with E-state index in [1.807, 2.05) is 0 Å². The van der Waals surface area contributed by atoms with Crippen molar-refractivity contribution in [2.75, 3.05) is 0 Å². The molecule has 2 rings (SSSR count). The Morgan fingerprint density at radius 1 is 1.33 bits per heavy atom. The molecule has 1 aliphatic rings. The van der Waals surface area contributed by atoms with Gasteiger partial charge in [-0.05, 0) is 35.2 Å². The molecule has 0 saturated carbocycles. The minimum Gasteiger partial charge on any atom is -0.327 e. The molecule has 1 nitrogen and oxygen atoms in total. The van der Waals surface area contributed by atoms with Crippen LogP contribution in [0.3, 0.4) is 0 Å². The summed E-state index contributed by atoms with van der Waals surface area (Å²) in [7, 11) is 0. The molecule has 1 aliphatic carbocycles. The van der Waals surface area contributed by atoms with Crippen LogP contribution in [-0.2, 0) is 0 Å². The van der Waals surface area contributed by atoms with E-state index in [4.69, 9.17) is 5.73 Å². The van der Waals surface area contributed by atoms with Gasteiger partial charge in [0.15, 0.2) is 0 Å². The van der Waals surface area contributed by atoms with Crippen LogP contribution < -0.4 is 5.73 Å². The van der Waals surface area contributed by atoms with Crippen molar-refractivity contribution in [2.24, 2.45) is 5.73 Å². The van der Waals surface area contributed by atoms with Crippen molar-refractivity contribution in [3.8, 4) is 0 Å². The lowest BCUT2D eigenvalue weighted by Gasteiger charge is -2.24. The summed E-state index contributed by atoms with van der Waals surface area (Å²) in [5, 5.41) is 4.34. The van der Waals surface area contributed by atoms with E-state index < -0.39 is 0 Å². The molecule has 0 aromatic carbocycles. The molecule has 1 aromatic heterocycles. The minimum atomic E-state index is 0.324. The summed E-state index contributed by atoms with van der Waals surface area (Å²) < 4.78 is 0. The minimum absolute atomic E-state index is 0.324. The quantitative estimate of drug-likeness (QED) is 0.659. The van der Waals surface area contributed by atoms with Crippen LogP contribution in [0.1, 0.15) is 24.3 Å². The summed E-state index contributed by atoms with van der Waals surface area (Å²) in [6, 6.07) is 2.51. The van der Waals surface area contributed by atoms with E-state index in [2.05, 4.69) is 29.0 Å². The van der Waals surface area contributed by atoms with Crippen molar-refractivity contribution in [1.82, 2.24) is 0 Å². The Balaban J connectivity index is 2.18. The molecule has 2 N–H and O–H groups in total. The van der Waals surface area contributed by atoms with Gasteiger partial charge in [-0.25, -0.2) is 0 Å². The number of hydrogen-bond acceptors (Lipinski definition) is 2. The third kappa shape index (κ3) is 1.45. The molecule has 0 aliphatic heterocycles. The highest BCUT2D eigenvalue weighted by molar-refractivity contribution is 7.07. The van der Waals surface area contributed by atoms with E-state index in [0.717, 1.165) is 12.8 Å². The van der Waals surface area contributed by atoms with Crippen molar-refractivity contribution in [3.05, 3.63) is 34.5 Å². The lowest BCUT2D eigenvalue weighted by molar-refractivity contribution is 0.522. The summed E-state index contributed by atoms with van der Waals surface area (Å²) in [5.74, 6) is 0.557. The Kier molecular flexibility index (Phi) is 2.28. The molecule has 0 spiro atoms. The van der Waals surface area contributed by atoms with Crippen molar-refractivity contribution in [1.29, 1.82) is 0 Å². The molecule has 2 unspecified atom stereocenters. The maximum Gasteiger partial charge on any atom is 0.0146 e. The summed E-state index contributed by atoms with van der Waals surface area (Å²) in [6.45, 7) is 0. The smallest absolute Gasteiger partial charge is 0.0146 e.